The molecule has 0 spiro atoms. The highest BCUT2D eigenvalue weighted by Gasteiger charge is 2.21. The van der Waals surface area contributed by atoms with E-state index in [1.807, 2.05) is 39.0 Å². The van der Waals surface area contributed by atoms with E-state index in [-0.39, 0.29) is 16.9 Å². The van der Waals surface area contributed by atoms with E-state index < -0.39 is 10.8 Å². The molecule has 0 aliphatic rings. The van der Waals surface area contributed by atoms with E-state index in [1.165, 1.54) is 0 Å². The molecule has 1 aromatic heterocycles. The standard InChI is InChI=1S/C17H21N3O3S/c1-4-11-8-6-7-10(3)15(11)20-16(23)12(5-2)24-17-18-13(21)9-14(22)19-17/h6-9,12H,4-5H2,1-3H3,(H,20,23)(H2,18,19,21,22). The summed E-state index contributed by atoms with van der Waals surface area (Å²) >= 11 is 1.13. The Balaban J connectivity index is 2.19. The van der Waals surface area contributed by atoms with E-state index in [0.717, 1.165) is 41.1 Å². The number of amides is 1. The predicted octanol–water partition coefficient (Wildman–Crippen LogP) is 2.86. The number of H-pyrrole nitrogens is 1. The van der Waals surface area contributed by atoms with E-state index in [2.05, 4.69) is 15.3 Å². The number of nitrogens with zero attached hydrogens (tertiary/aromatic N) is 1. The van der Waals surface area contributed by atoms with Crippen LogP contribution in [0.25, 0.3) is 0 Å². The van der Waals surface area contributed by atoms with Crippen LogP contribution < -0.4 is 10.9 Å². The Morgan fingerprint density at radius 1 is 1.42 bits per heavy atom. The molecule has 1 amide bonds. The summed E-state index contributed by atoms with van der Waals surface area (Å²) in [6.45, 7) is 5.88. The SMILES string of the molecule is CCc1cccc(C)c1NC(=O)C(CC)Sc1nc(O)cc(=O)[nH]1. The molecule has 1 unspecified atom stereocenters. The Bertz CT molecular complexity index is 789. The van der Waals surface area contributed by atoms with Gasteiger partial charge in [-0.05, 0) is 30.9 Å². The zero-order valence-corrected chi connectivity index (χ0v) is 14.7. The lowest BCUT2D eigenvalue weighted by atomic mass is 10.1. The third-order valence-corrected chi connectivity index (χ3v) is 4.86. The maximum absolute atomic E-state index is 12.6. The van der Waals surface area contributed by atoms with Crippen LogP contribution in [0.15, 0.2) is 34.2 Å². The van der Waals surface area contributed by atoms with Crippen molar-refractivity contribution in [3.8, 4) is 5.88 Å². The van der Waals surface area contributed by atoms with Crippen molar-refractivity contribution in [2.45, 2.75) is 44.0 Å². The van der Waals surface area contributed by atoms with Crippen molar-refractivity contribution >= 4 is 23.4 Å². The van der Waals surface area contributed by atoms with Gasteiger partial charge in [0.15, 0.2) is 5.16 Å². The van der Waals surface area contributed by atoms with Crippen molar-refractivity contribution in [2.75, 3.05) is 5.32 Å². The fourth-order valence-electron chi connectivity index (χ4n) is 2.34. The largest absolute Gasteiger partial charge is 0.493 e. The molecular weight excluding hydrogens is 326 g/mol. The van der Waals surface area contributed by atoms with Gasteiger partial charge in [0.25, 0.3) is 5.56 Å². The van der Waals surface area contributed by atoms with Gasteiger partial charge in [0.1, 0.15) is 0 Å². The number of aryl methyl sites for hydroxylation is 2. The van der Waals surface area contributed by atoms with Crippen LogP contribution in [0.1, 0.15) is 31.4 Å². The average Bonchev–Trinajstić information content (AvgIpc) is 2.53. The van der Waals surface area contributed by atoms with Crippen LogP contribution in [0.3, 0.4) is 0 Å². The number of anilines is 1. The lowest BCUT2D eigenvalue weighted by Gasteiger charge is -2.17. The first-order valence-corrected chi connectivity index (χ1v) is 8.68. The van der Waals surface area contributed by atoms with Gasteiger partial charge in [0, 0.05) is 5.69 Å². The molecule has 1 heterocycles. The third kappa shape index (κ3) is 4.38. The highest BCUT2D eigenvalue weighted by atomic mass is 32.2. The maximum atomic E-state index is 12.6. The number of benzene rings is 1. The summed E-state index contributed by atoms with van der Waals surface area (Å²) < 4.78 is 0. The topological polar surface area (TPSA) is 95.1 Å². The molecule has 0 bridgehead atoms. The quantitative estimate of drug-likeness (QED) is 0.552. The zero-order valence-electron chi connectivity index (χ0n) is 13.9. The molecule has 0 aliphatic carbocycles. The fraction of sp³-hybridized carbons (Fsp3) is 0.353. The van der Waals surface area contributed by atoms with Crippen molar-refractivity contribution in [2.24, 2.45) is 0 Å². The van der Waals surface area contributed by atoms with E-state index in [4.69, 9.17) is 0 Å². The summed E-state index contributed by atoms with van der Waals surface area (Å²) in [4.78, 5) is 30.4. The second kappa shape index (κ2) is 8.01. The predicted molar refractivity (Wildman–Crippen MR) is 95.6 cm³/mol. The van der Waals surface area contributed by atoms with E-state index in [0.29, 0.717) is 6.42 Å². The van der Waals surface area contributed by atoms with Gasteiger partial charge in [-0.25, -0.2) is 0 Å². The summed E-state index contributed by atoms with van der Waals surface area (Å²) in [5, 5.41) is 12.2. The number of aromatic amines is 1. The van der Waals surface area contributed by atoms with Crippen molar-refractivity contribution in [1.29, 1.82) is 0 Å². The Hall–Kier alpha value is -2.28. The first-order chi connectivity index (χ1) is 11.4. The molecular formula is C17H21N3O3S. The molecule has 2 aromatic rings. The number of hydrogen-bond acceptors (Lipinski definition) is 5. The lowest BCUT2D eigenvalue weighted by Crippen LogP contribution is -2.26. The van der Waals surface area contributed by atoms with E-state index >= 15 is 0 Å². The smallest absolute Gasteiger partial charge is 0.255 e. The summed E-state index contributed by atoms with van der Waals surface area (Å²) in [5.74, 6) is -0.513. The van der Waals surface area contributed by atoms with Crippen molar-refractivity contribution in [1.82, 2.24) is 9.97 Å². The molecule has 0 saturated carbocycles. The van der Waals surface area contributed by atoms with Gasteiger partial charge in [0.05, 0.1) is 11.3 Å². The summed E-state index contributed by atoms with van der Waals surface area (Å²) in [6, 6.07) is 6.91. The van der Waals surface area contributed by atoms with Gasteiger partial charge in [0.2, 0.25) is 11.8 Å². The number of hydrogen-bond donors (Lipinski definition) is 3. The molecule has 128 valence electrons. The Morgan fingerprint density at radius 2 is 2.17 bits per heavy atom. The van der Waals surface area contributed by atoms with Crippen LogP contribution in [0, 0.1) is 6.92 Å². The molecule has 7 heteroatoms. The number of aromatic nitrogens is 2. The van der Waals surface area contributed by atoms with Crippen molar-refractivity contribution in [3.63, 3.8) is 0 Å². The van der Waals surface area contributed by atoms with Crippen LogP contribution in [0.5, 0.6) is 5.88 Å². The third-order valence-electron chi connectivity index (χ3n) is 3.61. The minimum Gasteiger partial charge on any atom is -0.493 e. The molecule has 0 radical (unpaired) electrons. The summed E-state index contributed by atoms with van der Waals surface area (Å²) in [5.41, 5.74) is 2.47. The second-order valence-corrected chi connectivity index (χ2v) is 6.57. The zero-order chi connectivity index (χ0) is 17.7. The van der Waals surface area contributed by atoms with Gasteiger partial charge in [-0.15, -0.1) is 0 Å². The minimum atomic E-state index is -0.451. The number of para-hydroxylation sites is 1. The summed E-state index contributed by atoms with van der Waals surface area (Å²) in [6.07, 6.45) is 1.38. The lowest BCUT2D eigenvalue weighted by molar-refractivity contribution is -0.115. The molecule has 3 N–H and O–H groups in total. The number of rotatable bonds is 6. The Morgan fingerprint density at radius 3 is 2.79 bits per heavy atom. The van der Waals surface area contributed by atoms with Crippen LogP contribution in [0.2, 0.25) is 0 Å². The first kappa shape index (κ1) is 18.1. The molecule has 1 atom stereocenters. The first-order valence-electron chi connectivity index (χ1n) is 7.80. The van der Waals surface area contributed by atoms with E-state index in [1.54, 1.807) is 0 Å². The van der Waals surface area contributed by atoms with E-state index in [9.17, 15) is 14.7 Å². The van der Waals surface area contributed by atoms with Crippen LogP contribution in [0.4, 0.5) is 5.69 Å². The summed E-state index contributed by atoms with van der Waals surface area (Å²) in [7, 11) is 0. The number of aromatic hydroxyl groups is 1. The van der Waals surface area contributed by atoms with Gasteiger partial charge >= 0.3 is 0 Å². The van der Waals surface area contributed by atoms with Gasteiger partial charge < -0.3 is 15.4 Å². The molecule has 0 aliphatic heterocycles. The number of nitrogens with one attached hydrogen (secondary N) is 2. The maximum Gasteiger partial charge on any atom is 0.255 e. The van der Waals surface area contributed by atoms with Crippen molar-refractivity contribution < 1.29 is 9.90 Å². The number of thioether (sulfide) groups is 1. The Kier molecular flexibility index (Phi) is 6.03. The van der Waals surface area contributed by atoms with Gasteiger partial charge in [-0.1, -0.05) is 43.8 Å². The monoisotopic (exact) mass is 347 g/mol. The molecule has 1 aromatic carbocycles. The molecule has 0 saturated heterocycles. The minimum absolute atomic E-state index is 0.155. The Labute approximate surface area is 144 Å². The normalized spacial score (nSPS) is 12.0. The average molecular weight is 347 g/mol. The van der Waals surface area contributed by atoms with Gasteiger partial charge in [-0.2, -0.15) is 4.98 Å². The molecule has 6 nitrogen and oxygen atoms in total. The van der Waals surface area contributed by atoms with Crippen LogP contribution in [-0.2, 0) is 11.2 Å². The number of carbonyl (C=O) groups is 1. The molecule has 2 rings (SSSR count). The highest BCUT2D eigenvalue weighted by molar-refractivity contribution is 8.00. The van der Waals surface area contributed by atoms with Crippen LogP contribution in [-0.4, -0.2) is 26.2 Å². The van der Waals surface area contributed by atoms with Crippen LogP contribution >= 0.6 is 11.8 Å². The second-order valence-electron chi connectivity index (χ2n) is 5.38. The van der Waals surface area contributed by atoms with Crippen molar-refractivity contribution in [3.05, 3.63) is 45.7 Å². The fourth-order valence-corrected chi connectivity index (χ4v) is 3.25. The highest BCUT2D eigenvalue weighted by Crippen LogP contribution is 2.26. The number of carbonyl (C=O) groups excluding carboxylic acids is 1. The van der Waals surface area contributed by atoms with Gasteiger partial charge in [-0.3, -0.25) is 9.59 Å². The molecule has 0 fully saturated rings. The molecule has 24 heavy (non-hydrogen) atoms.